The van der Waals surface area contributed by atoms with Gasteiger partial charge in [-0.2, -0.15) is 0 Å². The number of esters is 1. The molecule has 3 rings (SSSR count). The fourth-order valence-corrected chi connectivity index (χ4v) is 3.19. The summed E-state index contributed by atoms with van der Waals surface area (Å²) in [4.78, 5) is 34.9. The predicted molar refractivity (Wildman–Crippen MR) is 53.3 cm³/mol. The summed E-state index contributed by atoms with van der Waals surface area (Å²) in [6.07, 6.45) is 4.59. The summed E-state index contributed by atoms with van der Waals surface area (Å²) in [7, 11) is 0. The van der Waals surface area contributed by atoms with Crippen molar-refractivity contribution in [2.45, 2.75) is 19.4 Å². The van der Waals surface area contributed by atoms with E-state index in [1.54, 1.807) is 0 Å². The van der Waals surface area contributed by atoms with Crippen molar-refractivity contribution in [2.75, 3.05) is 0 Å². The highest BCUT2D eigenvalue weighted by Gasteiger charge is 2.57. The Balaban J connectivity index is 1.97. The SMILES string of the molecule is CC(=O)[C@H]1C(=O)O[C@@H]2[C@@H](C1=O)[C@H]1C=C[C@H]2C1. The first-order valence-corrected chi connectivity index (χ1v) is 5.52. The van der Waals surface area contributed by atoms with Gasteiger partial charge in [0, 0.05) is 5.92 Å². The zero-order chi connectivity index (χ0) is 11.4. The lowest BCUT2D eigenvalue weighted by molar-refractivity contribution is -0.172. The monoisotopic (exact) mass is 220 g/mol. The number of carbonyl (C=O) groups excluding carboxylic acids is 3. The largest absolute Gasteiger partial charge is 0.460 e. The van der Waals surface area contributed by atoms with Gasteiger partial charge in [-0.1, -0.05) is 12.2 Å². The van der Waals surface area contributed by atoms with Gasteiger partial charge in [0.1, 0.15) is 6.10 Å². The maximum absolute atomic E-state index is 12.1. The summed E-state index contributed by atoms with van der Waals surface area (Å²) in [6, 6.07) is 0. The molecular formula is C12H12O4. The Labute approximate surface area is 92.6 Å². The summed E-state index contributed by atoms with van der Waals surface area (Å²) in [6.45, 7) is 1.27. The molecule has 0 aromatic rings. The van der Waals surface area contributed by atoms with E-state index in [-0.39, 0.29) is 29.6 Å². The molecule has 2 aliphatic carbocycles. The molecule has 4 nitrogen and oxygen atoms in total. The Morgan fingerprint density at radius 2 is 2.00 bits per heavy atom. The van der Waals surface area contributed by atoms with Crippen LogP contribution in [0, 0.1) is 23.7 Å². The van der Waals surface area contributed by atoms with Crippen LogP contribution >= 0.6 is 0 Å². The van der Waals surface area contributed by atoms with Crippen molar-refractivity contribution in [1.29, 1.82) is 0 Å². The third-order valence-electron chi connectivity index (χ3n) is 3.89. The molecule has 0 unspecified atom stereocenters. The van der Waals surface area contributed by atoms with E-state index in [4.69, 9.17) is 4.74 Å². The smallest absolute Gasteiger partial charge is 0.324 e. The first-order chi connectivity index (χ1) is 7.59. The third-order valence-corrected chi connectivity index (χ3v) is 3.89. The Morgan fingerprint density at radius 3 is 2.69 bits per heavy atom. The van der Waals surface area contributed by atoms with Crippen LogP contribution in [-0.4, -0.2) is 23.6 Å². The Bertz CT molecular complexity index is 423. The number of rotatable bonds is 1. The lowest BCUT2D eigenvalue weighted by atomic mass is 9.78. The average Bonchev–Trinajstić information content (AvgIpc) is 2.76. The van der Waals surface area contributed by atoms with Crippen LogP contribution < -0.4 is 0 Å². The van der Waals surface area contributed by atoms with Crippen LogP contribution in [-0.2, 0) is 19.1 Å². The minimum atomic E-state index is -1.17. The van der Waals surface area contributed by atoms with Crippen molar-refractivity contribution >= 4 is 17.5 Å². The lowest BCUT2D eigenvalue weighted by Gasteiger charge is -2.33. The van der Waals surface area contributed by atoms with E-state index < -0.39 is 17.7 Å². The fraction of sp³-hybridized carbons (Fsp3) is 0.583. The minimum absolute atomic E-state index is 0.164. The first kappa shape index (κ1) is 9.75. The number of Topliss-reactive ketones (excluding diaryl/α,β-unsaturated/α-hetero) is 2. The minimum Gasteiger partial charge on any atom is -0.460 e. The van der Waals surface area contributed by atoms with Gasteiger partial charge in [-0.15, -0.1) is 0 Å². The molecule has 0 amide bonds. The molecule has 0 aromatic heterocycles. The van der Waals surface area contributed by atoms with Gasteiger partial charge in [0.15, 0.2) is 17.5 Å². The van der Waals surface area contributed by atoms with Crippen LogP contribution in [0.1, 0.15) is 13.3 Å². The molecule has 0 N–H and O–H groups in total. The predicted octanol–water partition coefficient (Wildman–Crippen LogP) is 0.508. The molecule has 1 aliphatic heterocycles. The van der Waals surface area contributed by atoms with Crippen molar-refractivity contribution in [3.8, 4) is 0 Å². The number of hydrogen-bond acceptors (Lipinski definition) is 4. The van der Waals surface area contributed by atoms with E-state index in [9.17, 15) is 14.4 Å². The van der Waals surface area contributed by atoms with Gasteiger partial charge < -0.3 is 4.74 Å². The molecule has 84 valence electrons. The Morgan fingerprint density at radius 1 is 1.31 bits per heavy atom. The first-order valence-electron chi connectivity index (χ1n) is 5.52. The molecule has 2 fully saturated rings. The molecule has 0 radical (unpaired) electrons. The van der Waals surface area contributed by atoms with Gasteiger partial charge in [0.2, 0.25) is 0 Å². The fourth-order valence-electron chi connectivity index (χ4n) is 3.19. The molecule has 1 saturated carbocycles. The van der Waals surface area contributed by atoms with E-state index in [1.807, 2.05) is 12.2 Å². The second-order valence-corrected chi connectivity index (χ2v) is 4.82. The molecule has 5 atom stereocenters. The lowest BCUT2D eigenvalue weighted by Crippen LogP contribution is -2.49. The summed E-state index contributed by atoms with van der Waals surface area (Å²) in [5, 5.41) is 0. The van der Waals surface area contributed by atoms with Crippen LogP contribution in [0.4, 0.5) is 0 Å². The Kier molecular flexibility index (Phi) is 1.85. The van der Waals surface area contributed by atoms with Gasteiger partial charge in [-0.3, -0.25) is 14.4 Å². The molecule has 3 aliphatic rings. The Hall–Kier alpha value is -1.45. The normalized spacial score (nSPS) is 44.4. The molecule has 16 heavy (non-hydrogen) atoms. The van der Waals surface area contributed by atoms with Crippen molar-refractivity contribution in [1.82, 2.24) is 0 Å². The summed E-state index contributed by atoms with van der Waals surface area (Å²) in [5.74, 6) is -2.39. The number of ether oxygens (including phenoxy) is 1. The zero-order valence-corrected chi connectivity index (χ0v) is 8.88. The van der Waals surface area contributed by atoms with Gasteiger partial charge in [0.25, 0.3) is 0 Å². The molecule has 1 heterocycles. The third kappa shape index (κ3) is 1.07. The van der Waals surface area contributed by atoms with E-state index in [0.29, 0.717) is 0 Å². The maximum Gasteiger partial charge on any atom is 0.324 e. The highest BCUT2D eigenvalue weighted by atomic mass is 16.5. The number of fused-ring (bicyclic) bond motifs is 5. The number of hydrogen-bond donors (Lipinski definition) is 0. The maximum atomic E-state index is 12.1. The van der Waals surface area contributed by atoms with Crippen LogP contribution in [0.2, 0.25) is 0 Å². The zero-order valence-electron chi connectivity index (χ0n) is 8.88. The summed E-state index contributed by atoms with van der Waals surface area (Å²) in [5.41, 5.74) is 0. The van der Waals surface area contributed by atoms with Crippen LogP contribution in [0.15, 0.2) is 12.2 Å². The second-order valence-electron chi connectivity index (χ2n) is 4.82. The summed E-state index contributed by atoms with van der Waals surface area (Å²) >= 11 is 0. The molecular weight excluding hydrogens is 208 g/mol. The summed E-state index contributed by atoms with van der Waals surface area (Å²) < 4.78 is 5.26. The topological polar surface area (TPSA) is 60.4 Å². The van der Waals surface area contributed by atoms with Crippen LogP contribution in [0.3, 0.4) is 0 Å². The molecule has 0 aromatic carbocycles. The highest BCUT2D eigenvalue weighted by molar-refractivity contribution is 6.18. The van der Waals surface area contributed by atoms with E-state index >= 15 is 0 Å². The van der Waals surface area contributed by atoms with Gasteiger partial charge in [-0.05, 0) is 19.3 Å². The van der Waals surface area contributed by atoms with Gasteiger partial charge in [-0.25, -0.2) is 0 Å². The van der Waals surface area contributed by atoms with E-state index in [0.717, 1.165) is 6.42 Å². The van der Waals surface area contributed by atoms with Gasteiger partial charge in [0.05, 0.1) is 5.92 Å². The van der Waals surface area contributed by atoms with E-state index in [1.165, 1.54) is 6.92 Å². The average molecular weight is 220 g/mol. The molecule has 0 spiro atoms. The molecule has 4 heteroatoms. The van der Waals surface area contributed by atoms with Gasteiger partial charge >= 0.3 is 5.97 Å². The number of carbonyl (C=O) groups is 3. The molecule has 1 saturated heterocycles. The van der Waals surface area contributed by atoms with E-state index in [2.05, 4.69) is 0 Å². The number of allylic oxidation sites excluding steroid dienone is 1. The number of ketones is 2. The van der Waals surface area contributed by atoms with Crippen molar-refractivity contribution in [3.05, 3.63) is 12.2 Å². The van der Waals surface area contributed by atoms with Crippen molar-refractivity contribution < 1.29 is 19.1 Å². The highest BCUT2D eigenvalue weighted by Crippen LogP contribution is 2.48. The molecule has 2 bridgehead atoms. The van der Waals surface area contributed by atoms with Crippen LogP contribution in [0.5, 0.6) is 0 Å². The van der Waals surface area contributed by atoms with Crippen molar-refractivity contribution in [3.63, 3.8) is 0 Å². The standard InChI is InChI=1S/C12H12O4/c1-5(13)8-10(14)9-6-2-3-7(4-6)11(9)16-12(8)15/h2-3,6-9,11H,4H2,1H3/t6-,7-,8+,9+,11-/m0/s1. The van der Waals surface area contributed by atoms with Crippen molar-refractivity contribution in [2.24, 2.45) is 23.7 Å². The quantitative estimate of drug-likeness (QED) is 0.367. The second kappa shape index (κ2) is 3.03. The van der Waals surface area contributed by atoms with Crippen LogP contribution in [0.25, 0.3) is 0 Å².